The van der Waals surface area contributed by atoms with Gasteiger partial charge in [0.25, 0.3) is 0 Å². The molecule has 0 bridgehead atoms. The summed E-state index contributed by atoms with van der Waals surface area (Å²) in [5.74, 6) is -0.577. The molecule has 0 heterocycles. The Bertz CT molecular complexity index is 509. The molecule has 1 fully saturated rings. The lowest BCUT2D eigenvalue weighted by Gasteiger charge is -2.36. The maximum Gasteiger partial charge on any atom is 0.235 e. The van der Waals surface area contributed by atoms with E-state index in [9.17, 15) is 9.59 Å². The third kappa shape index (κ3) is 4.90. The molecule has 4 heteroatoms. The Labute approximate surface area is 139 Å². The topological polar surface area (TPSA) is 49.4 Å². The number of amides is 1. The second kappa shape index (κ2) is 8.82. The molecule has 0 saturated heterocycles. The first-order valence-corrected chi connectivity index (χ1v) is 8.78. The SMILES string of the molecule is CCCN(CCC)C1CCC(=O)C(C(=O)Nc2ccccc2)C1. The van der Waals surface area contributed by atoms with Crippen LogP contribution in [0.5, 0.6) is 0 Å². The molecular weight excluding hydrogens is 288 g/mol. The lowest BCUT2D eigenvalue weighted by molar-refractivity contribution is -0.134. The first-order valence-electron chi connectivity index (χ1n) is 8.78. The highest BCUT2D eigenvalue weighted by molar-refractivity contribution is 6.07. The average molecular weight is 316 g/mol. The van der Waals surface area contributed by atoms with E-state index in [0.717, 1.165) is 38.0 Å². The Balaban J connectivity index is 2.02. The van der Waals surface area contributed by atoms with Crippen LogP contribution in [-0.2, 0) is 9.59 Å². The molecule has 1 amide bonds. The molecule has 1 N–H and O–H groups in total. The number of nitrogens with zero attached hydrogens (tertiary/aromatic N) is 1. The van der Waals surface area contributed by atoms with E-state index in [1.54, 1.807) is 0 Å². The molecule has 0 aromatic heterocycles. The minimum Gasteiger partial charge on any atom is -0.325 e. The monoisotopic (exact) mass is 316 g/mol. The zero-order chi connectivity index (χ0) is 16.7. The summed E-state index contributed by atoms with van der Waals surface area (Å²) in [6.45, 7) is 6.44. The first-order chi connectivity index (χ1) is 11.2. The lowest BCUT2D eigenvalue weighted by atomic mass is 9.83. The van der Waals surface area contributed by atoms with Gasteiger partial charge in [-0.25, -0.2) is 0 Å². The molecular formula is C19H28N2O2. The normalized spacial score (nSPS) is 21.4. The molecule has 1 aromatic carbocycles. The number of hydrogen-bond acceptors (Lipinski definition) is 3. The van der Waals surface area contributed by atoms with Gasteiger partial charge in [0.2, 0.25) is 5.91 Å². The Hall–Kier alpha value is -1.68. The average Bonchev–Trinajstić information content (AvgIpc) is 2.56. The Morgan fingerprint density at radius 3 is 2.43 bits per heavy atom. The highest BCUT2D eigenvalue weighted by Gasteiger charge is 2.35. The van der Waals surface area contributed by atoms with Crippen LogP contribution in [-0.4, -0.2) is 35.7 Å². The number of anilines is 1. The van der Waals surface area contributed by atoms with E-state index in [1.807, 2.05) is 30.3 Å². The van der Waals surface area contributed by atoms with Crippen LogP contribution < -0.4 is 5.32 Å². The van der Waals surface area contributed by atoms with Crippen molar-refractivity contribution in [3.05, 3.63) is 30.3 Å². The standard InChI is InChI=1S/C19H28N2O2/c1-3-12-21(13-4-2)16-10-11-18(22)17(14-16)19(23)20-15-8-6-5-7-9-15/h5-9,16-17H,3-4,10-14H2,1-2H3,(H,20,23). The van der Waals surface area contributed by atoms with Gasteiger partial charge >= 0.3 is 0 Å². The van der Waals surface area contributed by atoms with E-state index in [1.165, 1.54) is 0 Å². The highest BCUT2D eigenvalue weighted by atomic mass is 16.2. The van der Waals surface area contributed by atoms with Crippen LogP contribution in [0, 0.1) is 5.92 Å². The van der Waals surface area contributed by atoms with Crippen LogP contribution in [0.3, 0.4) is 0 Å². The molecule has 0 aliphatic heterocycles. The van der Waals surface area contributed by atoms with E-state index in [4.69, 9.17) is 0 Å². The Morgan fingerprint density at radius 1 is 1.17 bits per heavy atom. The third-order valence-electron chi connectivity index (χ3n) is 4.52. The second-order valence-electron chi connectivity index (χ2n) is 6.34. The maximum absolute atomic E-state index is 12.5. The van der Waals surface area contributed by atoms with Gasteiger partial charge in [0.15, 0.2) is 0 Å². The molecule has 4 nitrogen and oxygen atoms in total. The van der Waals surface area contributed by atoms with Crippen molar-refractivity contribution in [2.24, 2.45) is 5.92 Å². The minimum atomic E-state index is -0.509. The summed E-state index contributed by atoms with van der Waals surface area (Å²) in [7, 11) is 0. The van der Waals surface area contributed by atoms with Crippen molar-refractivity contribution in [2.75, 3.05) is 18.4 Å². The fourth-order valence-electron chi connectivity index (χ4n) is 3.39. The molecule has 1 aromatic rings. The van der Waals surface area contributed by atoms with E-state index < -0.39 is 5.92 Å². The van der Waals surface area contributed by atoms with E-state index in [2.05, 4.69) is 24.1 Å². The number of nitrogens with one attached hydrogen (secondary N) is 1. The lowest BCUT2D eigenvalue weighted by Crippen LogP contribution is -2.45. The summed E-state index contributed by atoms with van der Waals surface area (Å²) < 4.78 is 0. The zero-order valence-corrected chi connectivity index (χ0v) is 14.3. The largest absolute Gasteiger partial charge is 0.325 e. The smallest absolute Gasteiger partial charge is 0.235 e. The van der Waals surface area contributed by atoms with E-state index in [0.29, 0.717) is 18.9 Å². The summed E-state index contributed by atoms with van der Waals surface area (Å²) in [6.07, 6.45) is 4.25. The number of hydrogen-bond donors (Lipinski definition) is 1. The van der Waals surface area contributed by atoms with Crippen molar-refractivity contribution in [1.82, 2.24) is 4.90 Å². The number of rotatable bonds is 7. The molecule has 1 aliphatic rings. The molecule has 2 atom stereocenters. The highest BCUT2D eigenvalue weighted by Crippen LogP contribution is 2.27. The van der Waals surface area contributed by atoms with Crippen LogP contribution in [0.15, 0.2) is 30.3 Å². The van der Waals surface area contributed by atoms with Crippen molar-refractivity contribution in [3.8, 4) is 0 Å². The maximum atomic E-state index is 12.5. The van der Waals surface area contributed by atoms with Gasteiger partial charge in [-0.3, -0.25) is 9.59 Å². The van der Waals surface area contributed by atoms with Gasteiger partial charge in [-0.2, -0.15) is 0 Å². The first kappa shape index (κ1) is 17.7. The summed E-state index contributed by atoms with van der Waals surface area (Å²) in [5, 5.41) is 2.89. The molecule has 126 valence electrons. The Kier molecular flexibility index (Phi) is 6.78. The van der Waals surface area contributed by atoms with Crippen LogP contribution in [0.25, 0.3) is 0 Å². The number of carbonyl (C=O) groups excluding carboxylic acids is 2. The fourth-order valence-corrected chi connectivity index (χ4v) is 3.39. The fraction of sp³-hybridized carbons (Fsp3) is 0.579. The minimum absolute atomic E-state index is 0.0858. The Morgan fingerprint density at radius 2 is 1.83 bits per heavy atom. The van der Waals surface area contributed by atoms with Gasteiger partial charge < -0.3 is 10.2 Å². The zero-order valence-electron chi connectivity index (χ0n) is 14.3. The van der Waals surface area contributed by atoms with E-state index in [-0.39, 0.29) is 11.7 Å². The number of ketones is 1. The summed E-state index contributed by atoms with van der Waals surface area (Å²) in [5.41, 5.74) is 0.756. The predicted molar refractivity (Wildman–Crippen MR) is 93.4 cm³/mol. The summed E-state index contributed by atoms with van der Waals surface area (Å²) in [6, 6.07) is 9.72. The van der Waals surface area contributed by atoms with Crippen molar-refractivity contribution in [1.29, 1.82) is 0 Å². The molecule has 23 heavy (non-hydrogen) atoms. The van der Waals surface area contributed by atoms with Crippen LogP contribution >= 0.6 is 0 Å². The predicted octanol–water partition coefficient (Wildman–Crippen LogP) is 3.48. The molecule has 2 unspecified atom stereocenters. The van der Waals surface area contributed by atoms with Crippen LogP contribution in [0.1, 0.15) is 46.0 Å². The molecule has 2 rings (SSSR count). The van der Waals surface area contributed by atoms with Gasteiger partial charge in [0, 0.05) is 18.2 Å². The van der Waals surface area contributed by atoms with Crippen LogP contribution in [0.4, 0.5) is 5.69 Å². The summed E-state index contributed by atoms with van der Waals surface area (Å²) in [4.78, 5) is 27.2. The van der Waals surface area contributed by atoms with Gasteiger partial charge in [0.05, 0.1) is 5.92 Å². The third-order valence-corrected chi connectivity index (χ3v) is 4.52. The summed E-state index contributed by atoms with van der Waals surface area (Å²) >= 11 is 0. The van der Waals surface area contributed by atoms with Gasteiger partial charge in [-0.05, 0) is 50.9 Å². The number of Topliss-reactive ketones (excluding diaryl/α,β-unsaturated/α-hetero) is 1. The second-order valence-corrected chi connectivity index (χ2v) is 6.34. The van der Waals surface area contributed by atoms with Crippen molar-refractivity contribution >= 4 is 17.4 Å². The molecule has 1 saturated carbocycles. The quantitative estimate of drug-likeness (QED) is 0.783. The number of para-hydroxylation sites is 1. The van der Waals surface area contributed by atoms with Gasteiger partial charge in [0.1, 0.15) is 5.78 Å². The number of carbonyl (C=O) groups is 2. The van der Waals surface area contributed by atoms with Crippen molar-refractivity contribution in [2.45, 2.75) is 52.0 Å². The molecule has 0 spiro atoms. The van der Waals surface area contributed by atoms with Gasteiger partial charge in [-0.15, -0.1) is 0 Å². The number of benzene rings is 1. The van der Waals surface area contributed by atoms with Gasteiger partial charge in [-0.1, -0.05) is 32.0 Å². The molecule has 1 aliphatic carbocycles. The van der Waals surface area contributed by atoms with Crippen molar-refractivity contribution < 1.29 is 9.59 Å². The van der Waals surface area contributed by atoms with Crippen LogP contribution in [0.2, 0.25) is 0 Å². The molecule has 0 radical (unpaired) electrons. The van der Waals surface area contributed by atoms with E-state index >= 15 is 0 Å². The van der Waals surface area contributed by atoms with Crippen molar-refractivity contribution in [3.63, 3.8) is 0 Å².